The Balaban J connectivity index is 2.33. The maximum atomic E-state index is 11.7. The molecule has 0 bridgehead atoms. The second-order valence-corrected chi connectivity index (χ2v) is 4.97. The van der Waals surface area contributed by atoms with Crippen LogP contribution in [0.2, 0.25) is 0 Å². The van der Waals surface area contributed by atoms with Crippen molar-refractivity contribution in [1.29, 1.82) is 0 Å². The predicted octanol–water partition coefficient (Wildman–Crippen LogP) is 2.23. The number of aliphatic carboxylic acids is 1. The van der Waals surface area contributed by atoms with Gasteiger partial charge in [-0.25, -0.2) is 4.79 Å². The molecule has 0 aromatic heterocycles. The predicted molar refractivity (Wildman–Crippen MR) is 73.8 cm³/mol. The van der Waals surface area contributed by atoms with E-state index in [0.717, 1.165) is 12.8 Å². The number of benzene rings is 1. The van der Waals surface area contributed by atoms with Crippen LogP contribution in [0.15, 0.2) is 30.3 Å². The van der Waals surface area contributed by atoms with E-state index in [0.29, 0.717) is 6.42 Å². The summed E-state index contributed by atoms with van der Waals surface area (Å²) in [4.78, 5) is 22.6. The molecule has 0 saturated heterocycles. The van der Waals surface area contributed by atoms with Crippen LogP contribution in [0, 0.1) is 5.92 Å². The number of hydrogen-bond acceptors (Lipinski definition) is 2. The highest BCUT2D eigenvalue weighted by atomic mass is 16.4. The van der Waals surface area contributed by atoms with Crippen molar-refractivity contribution in [3.63, 3.8) is 0 Å². The van der Waals surface area contributed by atoms with Crippen molar-refractivity contribution < 1.29 is 14.7 Å². The first-order chi connectivity index (χ1) is 9.00. The number of aryl methyl sites for hydroxylation is 1. The molecule has 4 nitrogen and oxygen atoms in total. The smallest absolute Gasteiger partial charge is 0.326 e. The molecule has 1 rings (SSSR count). The third-order valence-corrected chi connectivity index (χ3v) is 2.96. The van der Waals surface area contributed by atoms with Crippen LogP contribution in [0.3, 0.4) is 0 Å². The number of hydrogen-bond donors (Lipinski definition) is 2. The summed E-state index contributed by atoms with van der Waals surface area (Å²) >= 11 is 0. The number of carboxylic acids is 1. The Morgan fingerprint density at radius 3 is 2.37 bits per heavy atom. The number of amides is 1. The lowest BCUT2D eigenvalue weighted by atomic mass is 10.0. The van der Waals surface area contributed by atoms with Crippen molar-refractivity contribution >= 4 is 11.9 Å². The minimum Gasteiger partial charge on any atom is -0.480 e. The molecule has 0 aliphatic carbocycles. The van der Waals surface area contributed by atoms with E-state index in [-0.39, 0.29) is 11.8 Å². The Labute approximate surface area is 113 Å². The van der Waals surface area contributed by atoms with E-state index < -0.39 is 12.0 Å². The highest BCUT2D eigenvalue weighted by Crippen LogP contribution is 2.06. The molecule has 104 valence electrons. The fourth-order valence-electron chi connectivity index (χ4n) is 1.86. The van der Waals surface area contributed by atoms with Crippen LogP contribution in [0.5, 0.6) is 0 Å². The molecule has 1 aromatic rings. The van der Waals surface area contributed by atoms with Gasteiger partial charge in [-0.05, 0) is 24.3 Å². The molecular formula is C15H21NO3. The summed E-state index contributed by atoms with van der Waals surface area (Å²) < 4.78 is 0. The number of carboxylic acid groups (broad SMARTS) is 1. The summed E-state index contributed by atoms with van der Waals surface area (Å²) in [5.41, 5.74) is 1.19. The van der Waals surface area contributed by atoms with Gasteiger partial charge < -0.3 is 10.4 Å². The lowest BCUT2D eigenvalue weighted by Gasteiger charge is -2.17. The SMILES string of the molecule is CC(C)C(NC(=O)CCCc1ccccc1)C(=O)O. The molecule has 4 heteroatoms. The van der Waals surface area contributed by atoms with E-state index >= 15 is 0 Å². The normalized spacial score (nSPS) is 12.2. The van der Waals surface area contributed by atoms with Crippen LogP contribution in [-0.2, 0) is 16.0 Å². The van der Waals surface area contributed by atoms with E-state index in [9.17, 15) is 9.59 Å². The maximum absolute atomic E-state index is 11.7. The van der Waals surface area contributed by atoms with Crippen molar-refractivity contribution in [2.75, 3.05) is 0 Å². The Kier molecular flexibility index (Phi) is 6.06. The molecule has 0 heterocycles. The van der Waals surface area contributed by atoms with E-state index in [1.165, 1.54) is 5.56 Å². The van der Waals surface area contributed by atoms with Gasteiger partial charge in [0.05, 0.1) is 0 Å². The first-order valence-electron chi connectivity index (χ1n) is 6.57. The zero-order chi connectivity index (χ0) is 14.3. The molecule has 0 radical (unpaired) electrons. The van der Waals surface area contributed by atoms with Gasteiger partial charge in [0, 0.05) is 6.42 Å². The van der Waals surface area contributed by atoms with Gasteiger partial charge in [0.25, 0.3) is 0 Å². The molecule has 1 atom stereocenters. The fourth-order valence-corrected chi connectivity index (χ4v) is 1.86. The number of nitrogens with one attached hydrogen (secondary N) is 1. The fraction of sp³-hybridized carbons (Fsp3) is 0.467. The Bertz CT molecular complexity index is 415. The summed E-state index contributed by atoms with van der Waals surface area (Å²) in [7, 11) is 0. The maximum Gasteiger partial charge on any atom is 0.326 e. The molecule has 1 amide bonds. The average molecular weight is 263 g/mol. The van der Waals surface area contributed by atoms with E-state index in [1.54, 1.807) is 13.8 Å². The Morgan fingerprint density at radius 2 is 1.84 bits per heavy atom. The average Bonchev–Trinajstić information content (AvgIpc) is 2.36. The van der Waals surface area contributed by atoms with Crippen molar-refractivity contribution in [2.45, 2.75) is 39.2 Å². The Morgan fingerprint density at radius 1 is 1.21 bits per heavy atom. The molecule has 0 fully saturated rings. The number of carbonyl (C=O) groups is 2. The molecular weight excluding hydrogens is 242 g/mol. The van der Waals surface area contributed by atoms with Gasteiger partial charge in [-0.2, -0.15) is 0 Å². The van der Waals surface area contributed by atoms with Gasteiger partial charge in [0.2, 0.25) is 5.91 Å². The van der Waals surface area contributed by atoms with Gasteiger partial charge in [-0.1, -0.05) is 44.2 Å². The quantitative estimate of drug-likeness (QED) is 0.792. The lowest BCUT2D eigenvalue weighted by Crippen LogP contribution is -2.44. The van der Waals surface area contributed by atoms with Crippen molar-refractivity contribution in [2.24, 2.45) is 5.92 Å². The standard InChI is InChI=1S/C15H21NO3/c1-11(2)14(15(18)19)16-13(17)10-6-9-12-7-4-3-5-8-12/h3-5,7-8,11,14H,6,9-10H2,1-2H3,(H,16,17)(H,18,19). The largest absolute Gasteiger partial charge is 0.480 e. The highest BCUT2D eigenvalue weighted by molar-refractivity contribution is 5.83. The summed E-state index contributed by atoms with van der Waals surface area (Å²) in [6.45, 7) is 3.56. The second kappa shape index (κ2) is 7.56. The molecule has 19 heavy (non-hydrogen) atoms. The zero-order valence-corrected chi connectivity index (χ0v) is 11.4. The minimum atomic E-state index is -0.980. The van der Waals surface area contributed by atoms with Gasteiger partial charge >= 0.3 is 5.97 Å². The van der Waals surface area contributed by atoms with Gasteiger partial charge in [0.15, 0.2) is 0 Å². The van der Waals surface area contributed by atoms with E-state index in [1.807, 2.05) is 30.3 Å². The van der Waals surface area contributed by atoms with Gasteiger partial charge in [-0.3, -0.25) is 4.79 Å². The molecule has 1 unspecified atom stereocenters. The first kappa shape index (κ1) is 15.2. The zero-order valence-electron chi connectivity index (χ0n) is 11.4. The monoisotopic (exact) mass is 263 g/mol. The highest BCUT2D eigenvalue weighted by Gasteiger charge is 2.22. The van der Waals surface area contributed by atoms with Gasteiger partial charge in [0.1, 0.15) is 6.04 Å². The van der Waals surface area contributed by atoms with Crippen LogP contribution >= 0.6 is 0 Å². The lowest BCUT2D eigenvalue weighted by molar-refractivity contribution is -0.143. The number of carbonyl (C=O) groups excluding carboxylic acids is 1. The van der Waals surface area contributed by atoms with Crippen molar-refractivity contribution in [3.8, 4) is 0 Å². The molecule has 0 aliphatic rings. The summed E-state index contributed by atoms with van der Waals surface area (Å²) in [5, 5.41) is 11.5. The first-order valence-corrected chi connectivity index (χ1v) is 6.57. The summed E-state index contributed by atoms with van der Waals surface area (Å²) in [6.07, 6.45) is 1.90. The van der Waals surface area contributed by atoms with Gasteiger partial charge in [-0.15, -0.1) is 0 Å². The summed E-state index contributed by atoms with van der Waals surface area (Å²) in [6, 6.07) is 9.13. The summed E-state index contributed by atoms with van der Waals surface area (Å²) in [5.74, 6) is -1.29. The molecule has 1 aromatic carbocycles. The van der Waals surface area contributed by atoms with Crippen LogP contribution in [-0.4, -0.2) is 23.0 Å². The van der Waals surface area contributed by atoms with Crippen LogP contribution in [0.25, 0.3) is 0 Å². The molecule has 0 aliphatic heterocycles. The molecule has 2 N–H and O–H groups in total. The van der Waals surface area contributed by atoms with Crippen LogP contribution in [0.1, 0.15) is 32.3 Å². The minimum absolute atomic E-state index is 0.115. The third-order valence-electron chi connectivity index (χ3n) is 2.96. The third kappa shape index (κ3) is 5.55. The Hall–Kier alpha value is -1.84. The number of rotatable bonds is 7. The topological polar surface area (TPSA) is 66.4 Å². The van der Waals surface area contributed by atoms with Crippen LogP contribution in [0.4, 0.5) is 0 Å². The van der Waals surface area contributed by atoms with Crippen molar-refractivity contribution in [3.05, 3.63) is 35.9 Å². The molecule has 0 spiro atoms. The van der Waals surface area contributed by atoms with Crippen molar-refractivity contribution in [1.82, 2.24) is 5.32 Å². The molecule has 0 saturated carbocycles. The van der Waals surface area contributed by atoms with Crippen LogP contribution < -0.4 is 5.32 Å². The van der Waals surface area contributed by atoms with E-state index in [4.69, 9.17) is 5.11 Å². The van der Waals surface area contributed by atoms with E-state index in [2.05, 4.69) is 5.32 Å². The second-order valence-electron chi connectivity index (χ2n) is 4.97.